The van der Waals surface area contributed by atoms with Crippen molar-refractivity contribution in [1.29, 1.82) is 0 Å². The molecule has 1 aromatic rings. The average molecular weight is 261 g/mol. The van der Waals surface area contributed by atoms with Crippen molar-refractivity contribution in [1.82, 2.24) is 20.8 Å². The zero-order valence-electron chi connectivity index (χ0n) is 11.1. The Bertz CT molecular complexity index is 461. The molecule has 2 N–H and O–H groups in total. The Morgan fingerprint density at radius 1 is 1.47 bits per heavy atom. The van der Waals surface area contributed by atoms with E-state index in [2.05, 4.69) is 25.7 Å². The van der Waals surface area contributed by atoms with Crippen LogP contribution in [0.15, 0.2) is 12.1 Å². The van der Waals surface area contributed by atoms with Crippen LogP contribution in [0.2, 0.25) is 0 Å². The van der Waals surface area contributed by atoms with Crippen molar-refractivity contribution in [3.63, 3.8) is 0 Å². The monoisotopic (exact) mass is 261 g/mol. The number of nitrogens with one attached hydrogen (secondary N) is 2. The summed E-state index contributed by atoms with van der Waals surface area (Å²) in [5.74, 6) is 1.44. The molecule has 0 bridgehead atoms. The largest absolute Gasteiger partial charge is 0.351 e. The molecule has 1 aromatic heterocycles. The summed E-state index contributed by atoms with van der Waals surface area (Å²) >= 11 is 0. The van der Waals surface area contributed by atoms with Crippen molar-refractivity contribution >= 4 is 11.7 Å². The quantitative estimate of drug-likeness (QED) is 0.803. The van der Waals surface area contributed by atoms with Crippen LogP contribution >= 0.6 is 0 Å². The van der Waals surface area contributed by atoms with Gasteiger partial charge in [0.1, 0.15) is 0 Å². The second-order valence-electron chi connectivity index (χ2n) is 5.10. The fraction of sp³-hybridized carbons (Fsp3) is 0.615. The van der Waals surface area contributed by atoms with E-state index in [1.165, 1.54) is 6.42 Å². The first-order chi connectivity index (χ1) is 9.29. The Balaban J connectivity index is 1.74. The van der Waals surface area contributed by atoms with Gasteiger partial charge in [0.05, 0.1) is 0 Å². The number of hydrogen-bond acceptors (Lipinski definition) is 5. The van der Waals surface area contributed by atoms with Crippen LogP contribution < -0.4 is 15.5 Å². The van der Waals surface area contributed by atoms with Crippen LogP contribution in [-0.2, 0) is 0 Å². The maximum absolute atomic E-state index is 11.6. The molecule has 6 heteroatoms. The lowest BCUT2D eigenvalue weighted by molar-refractivity contribution is 0.0950. The first kappa shape index (κ1) is 12.3. The number of carbonyl (C=O) groups is 1. The Kier molecular flexibility index (Phi) is 3.33. The molecule has 0 radical (unpaired) electrons. The lowest BCUT2D eigenvalue weighted by Crippen LogP contribution is -2.35. The van der Waals surface area contributed by atoms with Gasteiger partial charge in [-0.2, -0.15) is 0 Å². The molecule has 19 heavy (non-hydrogen) atoms. The van der Waals surface area contributed by atoms with Gasteiger partial charge in [-0.1, -0.05) is 0 Å². The predicted octanol–water partition coefficient (Wildman–Crippen LogP) is 0.0244. The molecular weight excluding hydrogens is 242 g/mol. The van der Waals surface area contributed by atoms with E-state index in [1.807, 2.05) is 13.0 Å². The second kappa shape index (κ2) is 5.13. The molecule has 1 amide bonds. The van der Waals surface area contributed by atoms with Gasteiger partial charge < -0.3 is 15.5 Å². The number of hydrogen-bond donors (Lipinski definition) is 2. The van der Waals surface area contributed by atoms with E-state index in [-0.39, 0.29) is 5.91 Å². The summed E-state index contributed by atoms with van der Waals surface area (Å²) in [6.07, 6.45) is 1.21. The van der Waals surface area contributed by atoms with E-state index in [0.29, 0.717) is 18.3 Å². The number of aromatic nitrogens is 2. The molecule has 0 aromatic carbocycles. The Morgan fingerprint density at radius 2 is 2.37 bits per heavy atom. The summed E-state index contributed by atoms with van der Waals surface area (Å²) in [6, 6.07) is 4.19. The lowest BCUT2D eigenvalue weighted by atomic mass is 10.1. The van der Waals surface area contributed by atoms with Crippen LogP contribution in [0.5, 0.6) is 0 Å². The highest BCUT2D eigenvalue weighted by Crippen LogP contribution is 2.30. The average Bonchev–Trinajstić information content (AvgIpc) is 3.01. The third-order valence-electron chi connectivity index (χ3n) is 3.96. The van der Waals surface area contributed by atoms with Crippen LogP contribution in [0.3, 0.4) is 0 Å². The van der Waals surface area contributed by atoms with Gasteiger partial charge >= 0.3 is 0 Å². The summed E-state index contributed by atoms with van der Waals surface area (Å²) in [6.45, 7) is 5.64. The van der Waals surface area contributed by atoms with Crippen LogP contribution in [0, 0.1) is 5.92 Å². The first-order valence-electron chi connectivity index (χ1n) is 6.89. The smallest absolute Gasteiger partial charge is 0.271 e. The van der Waals surface area contributed by atoms with Crippen molar-refractivity contribution in [3.8, 4) is 0 Å². The minimum absolute atomic E-state index is 0.164. The van der Waals surface area contributed by atoms with Crippen molar-refractivity contribution in [2.24, 2.45) is 5.92 Å². The van der Waals surface area contributed by atoms with Crippen LogP contribution in [-0.4, -0.2) is 48.3 Å². The fourth-order valence-electron chi connectivity index (χ4n) is 2.98. The summed E-state index contributed by atoms with van der Waals surface area (Å²) in [7, 11) is 0. The van der Waals surface area contributed by atoms with E-state index >= 15 is 0 Å². The Labute approximate surface area is 112 Å². The molecule has 2 saturated heterocycles. The van der Waals surface area contributed by atoms with E-state index in [9.17, 15) is 4.79 Å². The van der Waals surface area contributed by atoms with E-state index in [0.717, 1.165) is 31.4 Å². The summed E-state index contributed by atoms with van der Waals surface area (Å²) in [4.78, 5) is 13.9. The van der Waals surface area contributed by atoms with E-state index in [4.69, 9.17) is 0 Å². The minimum atomic E-state index is -0.164. The normalized spacial score (nSPS) is 25.4. The highest BCUT2D eigenvalue weighted by atomic mass is 16.1. The van der Waals surface area contributed by atoms with Gasteiger partial charge in [-0.15, -0.1) is 10.2 Å². The van der Waals surface area contributed by atoms with Gasteiger partial charge in [0, 0.05) is 32.2 Å². The van der Waals surface area contributed by atoms with Gasteiger partial charge in [-0.05, 0) is 31.4 Å². The van der Waals surface area contributed by atoms with Gasteiger partial charge in [0.25, 0.3) is 5.91 Å². The molecular formula is C13H19N5O. The molecule has 0 aliphatic carbocycles. The highest BCUT2D eigenvalue weighted by molar-refractivity contribution is 5.92. The molecule has 3 rings (SSSR count). The standard InChI is InChI=1S/C13H19N5O/c1-2-15-13(19)10-3-4-12(17-16-10)18-6-5-9-7-14-8-11(9)18/h3-4,9,11,14H,2,5-8H2,1H3,(H,15,19)/t9-,11+/m0/s1. The molecule has 6 nitrogen and oxygen atoms in total. The van der Waals surface area contributed by atoms with Gasteiger partial charge in [0.15, 0.2) is 11.5 Å². The van der Waals surface area contributed by atoms with Crippen LogP contribution in [0.1, 0.15) is 23.8 Å². The van der Waals surface area contributed by atoms with Crippen LogP contribution in [0.25, 0.3) is 0 Å². The first-order valence-corrected chi connectivity index (χ1v) is 6.89. The van der Waals surface area contributed by atoms with E-state index < -0.39 is 0 Å². The van der Waals surface area contributed by atoms with Crippen LogP contribution in [0.4, 0.5) is 5.82 Å². The number of fused-ring (bicyclic) bond motifs is 1. The van der Waals surface area contributed by atoms with E-state index in [1.54, 1.807) is 6.07 Å². The number of anilines is 1. The molecule has 2 atom stereocenters. The Morgan fingerprint density at radius 3 is 3.11 bits per heavy atom. The predicted molar refractivity (Wildman–Crippen MR) is 72.1 cm³/mol. The minimum Gasteiger partial charge on any atom is -0.351 e. The zero-order valence-corrected chi connectivity index (χ0v) is 11.1. The summed E-state index contributed by atoms with van der Waals surface area (Å²) in [5.41, 5.74) is 0.380. The molecule has 2 aliphatic heterocycles. The highest BCUT2D eigenvalue weighted by Gasteiger charge is 2.38. The molecule has 2 aliphatic rings. The maximum atomic E-state index is 11.6. The molecule has 102 valence electrons. The third-order valence-corrected chi connectivity index (χ3v) is 3.96. The SMILES string of the molecule is CCNC(=O)c1ccc(N2CC[C@H]3CNC[C@H]32)nn1. The number of rotatable bonds is 3. The lowest BCUT2D eigenvalue weighted by Gasteiger charge is -2.23. The number of nitrogens with zero attached hydrogens (tertiary/aromatic N) is 3. The van der Waals surface area contributed by atoms with Gasteiger partial charge in [-0.3, -0.25) is 4.79 Å². The topological polar surface area (TPSA) is 70.2 Å². The third kappa shape index (κ3) is 2.28. The zero-order chi connectivity index (χ0) is 13.2. The number of amides is 1. The summed E-state index contributed by atoms with van der Waals surface area (Å²) < 4.78 is 0. The Hall–Kier alpha value is -1.69. The molecule has 0 spiro atoms. The van der Waals surface area contributed by atoms with Crippen molar-refractivity contribution in [3.05, 3.63) is 17.8 Å². The molecule has 0 unspecified atom stereocenters. The van der Waals surface area contributed by atoms with Gasteiger partial charge in [0.2, 0.25) is 0 Å². The molecule has 3 heterocycles. The summed E-state index contributed by atoms with van der Waals surface area (Å²) in [5, 5.41) is 14.4. The fourth-order valence-corrected chi connectivity index (χ4v) is 2.98. The van der Waals surface area contributed by atoms with Crippen molar-refractivity contribution in [2.75, 3.05) is 31.1 Å². The van der Waals surface area contributed by atoms with Crippen molar-refractivity contribution < 1.29 is 4.79 Å². The molecule has 0 saturated carbocycles. The van der Waals surface area contributed by atoms with Gasteiger partial charge in [-0.25, -0.2) is 0 Å². The maximum Gasteiger partial charge on any atom is 0.271 e. The number of carbonyl (C=O) groups excluding carboxylic acids is 1. The second-order valence-corrected chi connectivity index (χ2v) is 5.10. The van der Waals surface area contributed by atoms with Crippen molar-refractivity contribution in [2.45, 2.75) is 19.4 Å². The molecule has 2 fully saturated rings.